The molecule has 0 aromatic carbocycles. The van der Waals surface area contributed by atoms with Crippen LogP contribution in [-0.2, 0) is 17.6 Å². The third-order valence-electron chi connectivity index (χ3n) is 4.64. The monoisotopic (exact) mass is 359 g/mol. The van der Waals surface area contributed by atoms with Crippen molar-refractivity contribution in [2.45, 2.75) is 38.2 Å². The molecule has 8 nitrogen and oxygen atoms in total. The number of anilines is 1. The van der Waals surface area contributed by atoms with Crippen LogP contribution < -0.4 is 4.90 Å². The lowest BCUT2D eigenvalue weighted by Crippen LogP contribution is -2.46. The zero-order chi connectivity index (χ0) is 18.6. The van der Waals surface area contributed by atoms with Gasteiger partial charge in [0.15, 0.2) is 5.82 Å². The van der Waals surface area contributed by atoms with Crippen LogP contribution in [0.3, 0.4) is 0 Å². The van der Waals surface area contributed by atoms with E-state index in [1.54, 1.807) is 18.1 Å². The number of nitrogens with zero attached hydrogens (tertiary/aromatic N) is 5. The average molecular weight is 359 g/mol. The van der Waals surface area contributed by atoms with Gasteiger partial charge in [0.2, 0.25) is 11.8 Å². The largest absolute Gasteiger partial charge is 0.386 e. The highest BCUT2D eigenvalue weighted by molar-refractivity contribution is 5.76. The molecule has 1 saturated heterocycles. The first-order valence-electron chi connectivity index (χ1n) is 8.93. The smallest absolute Gasteiger partial charge is 0.227 e. The highest BCUT2D eigenvalue weighted by Gasteiger charge is 2.38. The number of amides is 1. The van der Waals surface area contributed by atoms with Crippen LogP contribution in [-0.4, -0.2) is 63.3 Å². The quantitative estimate of drug-likeness (QED) is 0.790. The van der Waals surface area contributed by atoms with Crippen LogP contribution >= 0.6 is 0 Å². The molecule has 0 aliphatic carbocycles. The molecule has 0 radical (unpaired) electrons. The molecule has 1 aliphatic rings. The molecule has 2 aromatic heterocycles. The van der Waals surface area contributed by atoms with Gasteiger partial charge in [-0.25, -0.2) is 4.98 Å². The molecule has 26 heavy (non-hydrogen) atoms. The van der Waals surface area contributed by atoms with Crippen molar-refractivity contribution in [3.8, 4) is 0 Å². The molecule has 1 atom stereocenters. The summed E-state index contributed by atoms with van der Waals surface area (Å²) in [6.45, 7) is 3.42. The number of likely N-dealkylation sites (N-methyl/N-ethyl adjacent to an activating group) is 1. The summed E-state index contributed by atoms with van der Waals surface area (Å²) in [5.74, 6) is 1.92. The maximum absolute atomic E-state index is 12.4. The third kappa shape index (κ3) is 4.37. The standard InChI is InChI=1S/C18H25N5O3/c1-3-14-20-16(26-21-14)7-8-17(24)22(2)12-18(25)9-11-23(13-18)15-6-4-5-10-19-15/h4-6,10,25H,3,7-9,11-13H2,1-2H3/t18-/m1/s1. The summed E-state index contributed by atoms with van der Waals surface area (Å²) >= 11 is 0. The Kier molecular flexibility index (Phi) is 5.51. The van der Waals surface area contributed by atoms with Gasteiger partial charge in [0, 0.05) is 45.6 Å². The minimum atomic E-state index is -0.929. The summed E-state index contributed by atoms with van der Waals surface area (Å²) in [7, 11) is 1.72. The molecule has 8 heteroatoms. The highest BCUT2D eigenvalue weighted by atomic mass is 16.5. The van der Waals surface area contributed by atoms with E-state index in [1.165, 1.54) is 0 Å². The van der Waals surface area contributed by atoms with Gasteiger partial charge in [-0.2, -0.15) is 4.98 Å². The van der Waals surface area contributed by atoms with E-state index >= 15 is 0 Å². The summed E-state index contributed by atoms with van der Waals surface area (Å²) in [4.78, 5) is 24.5. The summed E-state index contributed by atoms with van der Waals surface area (Å²) < 4.78 is 5.11. The number of aryl methyl sites for hydroxylation is 2. The number of hydrogen-bond donors (Lipinski definition) is 1. The van der Waals surface area contributed by atoms with E-state index in [4.69, 9.17) is 4.52 Å². The van der Waals surface area contributed by atoms with Crippen molar-refractivity contribution in [2.75, 3.05) is 31.6 Å². The van der Waals surface area contributed by atoms with E-state index < -0.39 is 5.60 Å². The van der Waals surface area contributed by atoms with Crippen LogP contribution in [0.5, 0.6) is 0 Å². The summed E-state index contributed by atoms with van der Waals surface area (Å²) in [6.07, 6.45) is 3.74. The fraction of sp³-hybridized carbons (Fsp3) is 0.556. The SMILES string of the molecule is CCc1noc(CCC(=O)N(C)C[C@]2(O)CCN(c3ccccn3)C2)n1. The Morgan fingerprint density at radius 2 is 2.31 bits per heavy atom. The Hall–Kier alpha value is -2.48. The van der Waals surface area contributed by atoms with Crippen LogP contribution in [0.1, 0.15) is 31.5 Å². The molecule has 1 fully saturated rings. The lowest BCUT2D eigenvalue weighted by Gasteiger charge is -2.29. The van der Waals surface area contributed by atoms with Crippen LogP contribution in [0, 0.1) is 0 Å². The predicted molar refractivity (Wildman–Crippen MR) is 95.7 cm³/mol. The normalized spacial score (nSPS) is 19.7. The summed E-state index contributed by atoms with van der Waals surface area (Å²) in [5, 5.41) is 14.7. The lowest BCUT2D eigenvalue weighted by molar-refractivity contribution is -0.132. The molecule has 2 aromatic rings. The lowest BCUT2D eigenvalue weighted by atomic mass is 10.0. The maximum Gasteiger partial charge on any atom is 0.227 e. The minimum Gasteiger partial charge on any atom is -0.386 e. The Bertz CT molecular complexity index is 735. The number of aliphatic hydroxyl groups is 1. The van der Waals surface area contributed by atoms with Crippen molar-refractivity contribution in [3.05, 3.63) is 36.1 Å². The second kappa shape index (κ2) is 7.82. The van der Waals surface area contributed by atoms with E-state index in [9.17, 15) is 9.90 Å². The Labute approximate surface area is 152 Å². The Morgan fingerprint density at radius 1 is 1.46 bits per heavy atom. The molecule has 0 saturated carbocycles. The van der Waals surface area contributed by atoms with Gasteiger partial charge in [-0.15, -0.1) is 0 Å². The number of carbonyl (C=O) groups is 1. The molecule has 140 valence electrons. The van der Waals surface area contributed by atoms with Gasteiger partial charge >= 0.3 is 0 Å². The molecule has 1 aliphatic heterocycles. The third-order valence-corrected chi connectivity index (χ3v) is 4.64. The number of carbonyl (C=O) groups excluding carboxylic acids is 1. The summed E-state index contributed by atoms with van der Waals surface area (Å²) in [6, 6.07) is 5.72. The number of rotatable bonds is 7. The van der Waals surface area contributed by atoms with E-state index in [0.717, 1.165) is 12.4 Å². The van der Waals surface area contributed by atoms with E-state index in [0.29, 0.717) is 44.1 Å². The molecule has 3 heterocycles. The van der Waals surface area contributed by atoms with Crippen LogP contribution in [0.4, 0.5) is 5.82 Å². The van der Waals surface area contributed by atoms with Crippen LogP contribution in [0.25, 0.3) is 0 Å². The van der Waals surface area contributed by atoms with Crippen LogP contribution in [0.15, 0.2) is 28.9 Å². The minimum absolute atomic E-state index is 0.0500. The second-order valence-electron chi connectivity index (χ2n) is 6.79. The topological polar surface area (TPSA) is 95.6 Å². The van der Waals surface area contributed by atoms with Crippen molar-refractivity contribution in [1.82, 2.24) is 20.0 Å². The first-order chi connectivity index (χ1) is 12.5. The van der Waals surface area contributed by atoms with Gasteiger partial charge in [0.25, 0.3) is 0 Å². The first-order valence-corrected chi connectivity index (χ1v) is 8.93. The fourth-order valence-electron chi connectivity index (χ4n) is 3.19. The maximum atomic E-state index is 12.4. The first kappa shape index (κ1) is 18.3. The predicted octanol–water partition coefficient (Wildman–Crippen LogP) is 1.06. The molecule has 0 bridgehead atoms. The Balaban J connectivity index is 1.50. The highest BCUT2D eigenvalue weighted by Crippen LogP contribution is 2.26. The van der Waals surface area contributed by atoms with Gasteiger partial charge in [-0.1, -0.05) is 18.1 Å². The van der Waals surface area contributed by atoms with Gasteiger partial charge in [0.05, 0.1) is 6.54 Å². The molecular formula is C18H25N5O3. The van der Waals surface area contributed by atoms with Crippen molar-refractivity contribution >= 4 is 11.7 Å². The molecular weight excluding hydrogens is 334 g/mol. The number of hydrogen-bond acceptors (Lipinski definition) is 7. The van der Waals surface area contributed by atoms with Crippen molar-refractivity contribution < 1.29 is 14.4 Å². The van der Waals surface area contributed by atoms with Gasteiger partial charge in [-0.3, -0.25) is 4.79 Å². The fourth-order valence-corrected chi connectivity index (χ4v) is 3.19. The van der Waals surface area contributed by atoms with Crippen molar-refractivity contribution in [1.29, 1.82) is 0 Å². The molecule has 1 N–H and O–H groups in total. The van der Waals surface area contributed by atoms with E-state index in [-0.39, 0.29) is 12.3 Å². The zero-order valence-corrected chi connectivity index (χ0v) is 15.3. The van der Waals surface area contributed by atoms with Gasteiger partial charge in [-0.05, 0) is 18.6 Å². The molecule has 0 spiro atoms. The van der Waals surface area contributed by atoms with E-state index in [1.807, 2.05) is 30.0 Å². The molecule has 3 rings (SSSR count). The number of aromatic nitrogens is 3. The number of pyridine rings is 1. The molecule has 1 amide bonds. The average Bonchev–Trinajstić information content (AvgIpc) is 3.27. The van der Waals surface area contributed by atoms with Gasteiger partial charge in [0.1, 0.15) is 11.4 Å². The van der Waals surface area contributed by atoms with Crippen molar-refractivity contribution in [2.24, 2.45) is 0 Å². The zero-order valence-electron chi connectivity index (χ0n) is 15.3. The van der Waals surface area contributed by atoms with Crippen molar-refractivity contribution in [3.63, 3.8) is 0 Å². The molecule has 0 unspecified atom stereocenters. The Morgan fingerprint density at radius 3 is 3.00 bits per heavy atom. The summed E-state index contributed by atoms with van der Waals surface area (Å²) in [5.41, 5.74) is -0.929. The van der Waals surface area contributed by atoms with Crippen LogP contribution in [0.2, 0.25) is 0 Å². The second-order valence-corrected chi connectivity index (χ2v) is 6.79. The van der Waals surface area contributed by atoms with Gasteiger partial charge < -0.3 is 19.4 Å². The van der Waals surface area contributed by atoms with E-state index in [2.05, 4.69) is 15.1 Å². The number of β-amino-alcohol motifs (C(OH)–C–C–N with tert-alkyl or cyclic N) is 1.